The van der Waals surface area contributed by atoms with Crippen molar-refractivity contribution in [3.8, 4) is 0 Å². The van der Waals surface area contributed by atoms with Gasteiger partial charge in [0.1, 0.15) is 0 Å². The summed E-state index contributed by atoms with van der Waals surface area (Å²) in [4.78, 5) is 71.3. The number of carbonyl (C=O) groups is 6. The molecule has 1 aromatic carbocycles. The first-order chi connectivity index (χ1) is 23.4. The second kappa shape index (κ2) is 25.7. The maximum absolute atomic E-state index is 12.2. The molecule has 0 fully saturated rings. The van der Waals surface area contributed by atoms with Gasteiger partial charge in [-0.1, -0.05) is 6.07 Å². The van der Waals surface area contributed by atoms with Crippen LogP contribution in [0.15, 0.2) is 24.3 Å². The molecule has 16 heteroatoms. The maximum atomic E-state index is 12.2. The number of unbranched alkanes of at least 4 members (excludes halogenated alkanes) is 6. The highest BCUT2D eigenvalue weighted by Crippen LogP contribution is 2.10. The minimum Gasteiger partial charge on any atom is -0.388 e. The van der Waals surface area contributed by atoms with E-state index >= 15 is 0 Å². The van der Waals surface area contributed by atoms with Gasteiger partial charge in [-0.05, 0) is 76.0 Å². The van der Waals surface area contributed by atoms with Crippen LogP contribution in [-0.4, -0.2) is 113 Å². The molecule has 7 N–H and O–H groups in total. The largest absolute Gasteiger partial charge is 0.388 e. The minimum atomic E-state index is -0.561. The van der Waals surface area contributed by atoms with Crippen molar-refractivity contribution in [1.82, 2.24) is 31.1 Å². The van der Waals surface area contributed by atoms with Crippen LogP contribution in [0.25, 0.3) is 0 Å². The number of hydrogen-bond donors (Lipinski definition) is 7. The molecule has 1 rings (SSSR count). The molecule has 0 spiro atoms. The average molecular weight is 694 g/mol. The van der Waals surface area contributed by atoms with Gasteiger partial charge in [-0.25, -0.2) is 15.2 Å². The number of nitrogens with one attached hydrogen (secondary N) is 4. The first-order valence-electron chi connectivity index (χ1n) is 17.0. The summed E-state index contributed by atoms with van der Waals surface area (Å²) >= 11 is 0. The molecule has 0 saturated heterocycles. The average Bonchev–Trinajstić information content (AvgIpc) is 3.09. The fraction of sp³-hybridized carbons (Fsp3) is 0.636. The highest BCUT2D eigenvalue weighted by Gasteiger charge is 2.14. The van der Waals surface area contributed by atoms with E-state index in [1.54, 1.807) is 25.2 Å². The molecule has 6 amide bonds. The standard InChI is InChI=1S/C33H55N7O9/c1-26(41)38(47)22-9-3-6-19-35-29(42)15-17-31(44)39(48)23-10-4-7-20-36-30(43)16-18-32(45)40(49)24-11-5-8-21-37-33(46)27-13-12-14-28(25-27)34-2/h12-14,25,34,47-49H,3-11,15-24H2,1-2H3,(H,35,42)(H,36,43)(H,37,46). The molecule has 0 aromatic heterocycles. The fourth-order valence-electron chi connectivity index (χ4n) is 4.55. The first kappa shape index (κ1) is 42.7. The lowest BCUT2D eigenvalue weighted by atomic mass is 10.2. The first-order valence-corrected chi connectivity index (χ1v) is 17.0. The highest BCUT2D eigenvalue weighted by atomic mass is 16.5. The second-order valence-corrected chi connectivity index (χ2v) is 11.6. The van der Waals surface area contributed by atoms with Crippen LogP contribution in [0.1, 0.15) is 101 Å². The van der Waals surface area contributed by atoms with Crippen LogP contribution in [0, 0.1) is 0 Å². The third kappa shape index (κ3) is 20.6. The van der Waals surface area contributed by atoms with Gasteiger partial charge in [-0.15, -0.1) is 0 Å². The number of rotatable bonds is 26. The number of nitrogens with zero attached hydrogens (tertiary/aromatic N) is 3. The lowest BCUT2D eigenvalue weighted by Gasteiger charge is -2.15. The van der Waals surface area contributed by atoms with Crippen LogP contribution in [0.4, 0.5) is 5.69 Å². The van der Waals surface area contributed by atoms with Crippen molar-refractivity contribution in [2.24, 2.45) is 0 Å². The van der Waals surface area contributed by atoms with Gasteiger partial charge in [0.05, 0.1) is 0 Å². The van der Waals surface area contributed by atoms with E-state index in [0.29, 0.717) is 98.2 Å². The van der Waals surface area contributed by atoms with Crippen LogP contribution >= 0.6 is 0 Å². The lowest BCUT2D eigenvalue weighted by Crippen LogP contribution is -2.31. The SMILES string of the molecule is CNc1cccc(C(=O)NCCCCCN(O)C(=O)CCC(=O)NCCCCCN(O)C(=O)CCC(=O)NCCCCCN(O)C(C)=O)c1. The summed E-state index contributed by atoms with van der Waals surface area (Å²) in [5.41, 5.74) is 1.41. The zero-order chi connectivity index (χ0) is 36.4. The molecule has 0 radical (unpaired) electrons. The molecule has 0 unspecified atom stereocenters. The maximum Gasteiger partial charge on any atom is 0.251 e. The van der Waals surface area contributed by atoms with Gasteiger partial charge < -0.3 is 21.3 Å². The second-order valence-electron chi connectivity index (χ2n) is 11.6. The van der Waals surface area contributed by atoms with Crippen LogP contribution in [0.3, 0.4) is 0 Å². The predicted octanol–water partition coefficient (Wildman–Crippen LogP) is 2.44. The summed E-state index contributed by atoms with van der Waals surface area (Å²) in [6.07, 6.45) is 5.25. The van der Waals surface area contributed by atoms with E-state index in [1.165, 1.54) is 6.92 Å². The van der Waals surface area contributed by atoms with Gasteiger partial charge in [0.2, 0.25) is 29.5 Å². The van der Waals surface area contributed by atoms with Crippen molar-refractivity contribution < 1.29 is 44.4 Å². The Labute approximate surface area is 288 Å². The van der Waals surface area contributed by atoms with Gasteiger partial charge >= 0.3 is 0 Å². The van der Waals surface area contributed by atoms with Crippen LogP contribution < -0.4 is 21.3 Å². The number of carbonyl (C=O) groups excluding carboxylic acids is 6. The topological polar surface area (TPSA) is 221 Å². The Morgan fingerprint density at radius 1 is 0.592 bits per heavy atom. The van der Waals surface area contributed by atoms with E-state index in [4.69, 9.17) is 0 Å². The Bertz CT molecular complexity index is 1180. The summed E-state index contributed by atoms with van der Waals surface area (Å²) in [7, 11) is 1.78. The molecule has 0 aliphatic rings. The molecule has 49 heavy (non-hydrogen) atoms. The van der Waals surface area contributed by atoms with Gasteiger partial charge in [0.15, 0.2) is 0 Å². The Kier molecular flexibility index (Phi) is 22.4. The van der Waals surface area contributed by atoms with Crippen molar-refractivity contribution in [1.29, 1.82) is 0 Å². The van der Waals surface area contributed by atoms with Crippen molar-refractivity contribution in [3.63, 3.8) is 0 Å². The van der Waals surface area contributed by atoms with Crippen molar-refractivity contribution >= 4 is 41.1 Å². The monoisotopic (exact) mass is 693 g/mol. The number of hydroxylamine groups is 6. The number of anilines is 1. The van der Waals surface area contributed by atoms with Crippen LogP contribution in [-0.2, 0) is 24.0 Å². The van der Waals surface area contributed by atoms with E-state index in [-0.39, 0.29) is 63.0 Å². The van der Waals surface area contributed by atoms with Crippen LogP contribution in [0.5, 0.6) is 0 Å². The van der Waals surface area contributed by atoms with Crippen molar-refractivity contribution in [3.05, 3.63) is 29.8 Å². The molecule has 0 bridgehead atoms. The van der Waals surface area contributed by atoms with Gasteiger partial charge in [-0.2, -0.15) is 0 Å². The summed E-state index contributed by atoms with van der Waals surface area (Å²) in [5.74, 6) is -2.32. The van der Waals surface area contributed by atoms with E-state index in [1.807, 2.05) is 6.07 Å². The Balaban J connectivity index is 2.02. The van der Waals surface area contributed by atoms with Crippen molar-refractivity contribution in [2.75, 3.05) is 51.6 Å². The highest BCUT2D eigenvalue weighted by molar-refractivity contribution is 5.95. The van der Waals surface area contributed by atoms with E-state index in [2.05, 4.69) is 21.3 Å². The molecular formula is C33H55N7O9. The zero-order valence-corrected chi connectivity index (χ0v) is 28.9. The summed E-state index contributed by atoms with van der Waals surface area (Å²) < 4.78 is 0. The van der Waals surface area contributed by atoms with E-state index in [0.717, 1.165) is 5.69 Å². The lowest BCUT2D eigenvalue weighted by molar-refractivity contribution is -0.166. The molecule has 0 saturated carbocycles. The smallest absolute Gasteiger partial charge is 0.251 e. The molecule has 16 nitrogen and oxygen atoms in total. The predicted molar refractivity (Wildman–Crippen MR) is 181 cm³/mol. The molecule has 1 aromatic rings. The minimum absolute atomic E-state index is 0.0535. The quantitative estimate of drug-likeness (QED) is 0.0427. The third-order valence-electron chi connectivity index (χ3n) is 7.55. The van der Waals surface area contributed by atoms with Gasteiger partial charge in [0.25, 0.3) is 5.91 Å². The number of amides is 6. The summed E-state index contributed by atoms with van der Waals surface area (Å²) in [6, 6.07) is 7.16. The Morgan fingerprint density at radius 3 is 1.49 bits per heavy atom. The number of hydrogen-bond acceptors (Lipinski definition) is 10. The van der Waals surface area contributed by atoms with Gasteiger partial charge in [-0.3, -0.25) is 44.4 Å². The van der Waals surface area contributed by atoms with E-state index < -0.39 is 17.7 Å². The fourth-order valence-corrected chi connectivity index (χ4v) is 4.55. The molecule has 0 aliphatic heterocycles. The van der Waals surface area contributed by atoms with Crippen molar-refractivity contribution in [2.45, 2.75) is 90.4 Å². The summed E-state index contributed by atoms with van der Waals surface area (Å²) in [6.45, 7) is 2.97. The molecular weight excluding hydrogens is 638 g/mol. The molecule has 0 heterocycles. The zero-order valence-electron chi connectivity index (χ0n) is 28.9. The third-order valence-corrected chi connectivity index (χ3v) is 7.55. The molecule has 276 valence electrons. The van der Waals surface area contributed by atoms with E-state index in [9.17, 15) is 44.4 Å². The molecule has 0 aliphatic carbocycles. The van der Waals surface area contributed by atoms with Gasteiger partial charge in [0, 0.05) is 90.2 Å². The van der Waals surface area contributed by atoms with Crippen LogP contribution in [0.2, 0.25) is 0 Å². The Hall–Kier alpha value is -4.28. The Morgan fingerprint density at radius 2 is 1.04 bits per heavy atom. The summed E-state index contributed by atoms with van der Waals surface area (Å²) in [5, 5.41) is 42.3. The normalized spacial score (nSPS) is 10.6. The number of benzene rings is 1. The molecule has 0 atom stereocenters.